The first kappa shape index (κ1) is 10.9. The Hall–Kier alpha value is -0.0800. The number of hydrogen-bond acceptors (Lipinski definition) is 2. The van der Waals surface area contributed by atoms with E-state index in [-0.39, 0.29) is 12.1 Å². The highest BCUT2D eigenvalue weighted by Gasteiger charge is 2.25. The summed E-state index contributed by atoms with van der Waals surface area (Å²) in [6.07, 6.45) is 1.12. The van der Waals surface area contributed by atoms with Crippen molar-refractivity contribution in [3.05, 3.63) is 0 Å². The summed E-state index contributed by atoms with van der Waals surface area (Å²) >= 11 is 0. The van der Waals surface area contributed by atoms with Crippen LogP contribution < -0.4 is 0 Å². The van der Waals surface area contributed by atoms with E-state index >= 15 is 0 Å². The molecule has 0 saturated carbocycles. The van der Waals surface area contributed by atoms with E-state index in [9.17, 15) is 0 Å². The molecule has 1 atom stereocenters. The van der Waals surface area contributed by atoms with E-state index < -0.39 is 0 Å². The van der Waals surface area contributed by atoms with Crippen molar-refractivity contribution in [3.63, 3.8) is 0 Å². The second-order valence-corrected chi connectivity index (χ2v) is 3.84. The van der Waals surface area contributed by atoms with Gasteiger partial charge in [-0.25, -0.2) is 0 Å². The fourth-order valence-corrected chi connectivity index (χ4v) is 0.982. The van der Waals surface area contributed by atoms with Crippen LogP contribution in [0.3, 0.4) is 0 Å². The third-order valence-corrected chi connectivity index (χ3v) is 2.59. The minimum atomic E-state index is -0.0879. The molecule has 11 heavy (non-hydrogen) atoms. The van der Waals surface area contributed by atoms with Gasteiger partial charge in [0, 0.05) is 11.6 Å². The molecular weight excluding hydrogens is 138 g/mol. The molecule has 0 aromatic heterocycles. The van der Waals surface area contributed by atoms with Crippen molar-refractivity contribution in [2.45, 2.75) is 45.7 Å². The molecular formula is C9H21NO. The van der Waals surface area contributed by atoms with Crippen molar-refractivity contribution in [3.8, 4) is 0 Å². The molecule has 0 radical (unpaired) electrons. The van der Waals surface area contributed by atoms with E-state index in [0.717, 1.165) is 6.42 Å². The number of nitrogens with zero attached hydrogens (tertiary/aromatic N) is 1. The van der Waals surface area contributed by atoms with Gasteiger partial charge in [0.15, 0.2) is 0 Å². The van der Waals surface area contributed by atoms with Crippen molar-refractivity contribution in [1.82, 2.24) is 4.90 Å². The van der Waals surface area contributed by atoms with Crippen LogP contribution in [0.4, 0.5) is 0 Å². The molecule has 0 aliphatic carbocycles. The Balaban J connectivity index is 4.10. The highest BCUT2D eigenvalue weighted by molar-refractivity contribution is 4.81. The van der Waals surface area contributed by atoms with Gasteiger partial charge in [0.1, 0.15) is 0 Å². The molecule has 0 aliphatic rings. The fraction of sp³-hybridized carbons (Fsp3) is 1.00. The van der Waals surface area contributed by atoms with Gasteiger partial charge in [0.2, 0.25) is 0 Å². The van der Waals surface area contributed by atoms with Crippen molar-refractivity contribution >= 4 is 0 Å². The van der Waals surface area contributed by atoms with Gasteiger partial charge in [-0.3, -0.25) is 4.90 Å². The molecule has 0 aromatic rings. The van der Waals surface area contributed by atoms with E-state index in [1.165, 1.54) is 0 Å². The van der Waals surface area contributed by atoms with E-state index in [0.29, 0.717) is 6.04 Å². The predicted octanol–water partition coefficient (Wildman–Crippen LogP) is 1.49. The minimum Gasteiger partial charge on any atom is -0.394 e. The Bertz CT molecular complexity index is 112. The first-order chi connectivity index (χ1) is 4.95. The quantitative estimate of drug-likeness (QED) is 0.671. The SMILES string of the molecule is CCC(C)N(C)C(C)(C)CO. The molecule has 0 saturated heterocycles. The van der Waals surface area contributed by atoms with Gasteiger partial charge in [-0.05, 0) is 34.2 Å². The number of likely N-dealkylation sites (N-methyl/N-ethyl adjacent to an activating group) is 1. The molecule has 68 valence electrons. The molecule has 2 heteroatoms. The van der Waals surface area contributed by atoms with Crippen LogP contribution in [0, 0.1) is 0 Å². The normalized spacial score (nSPS) is 15.5. The molecule has 0 bridgehead atoms. The number of hydrogen-bond donors (Lipinski definition) is 1. The maximum absolute atomic E-state index is 9.07. The average molecular weight is 159 g/mol. The molecule has 1 unspecified atom stereocenters. The molecule has 0 heterocycles. The van der Waals surface area contributed by atoms with Crippen molar-refractivity contribution in [1.29, 1.82) is 0 Å². The van der Waals surface area contributed by atoms with E-state index in [1.54, 1.807) is 0 Å². The first-order valence-corrected chi connectivity index (χ1v) is 4.29. The van der Waals surface area contributed by atoms with Gasteiger partial charge >= 0.3 is 0 Å². The summed E-state index contributed by atoms with van der Waals surface area (Å²) in [4.78, 5) is 2.22. The summed E-state index contributed by atoms with van der Waals surface area (Å²) in [5, 5.41) is 9.07. The van der Waals surface area contributed by atoms with Gasteiger partial charge < -0.3 is 5.11 Å². The number of aliphatic hydroxyl groups excluding tert-OH is 1. The molecule has 1 N–H and O–H groups in total. The molecule has 0 fully saturated rings. The first-order valence-electron chi connectivity index (χ1n) is 4.29. The Kier molecular flexibility index (Phi) is 4.04. The van der Waals surface area contributed by atoms with Crippen LogP contribution in [0.15, 0.2) is 0 Å². The van der Waals surface area contributed by atoms with E-state index in [4.69, 9.17) is 5.11 Å². The van der Waals surface area contributed by atoms with Crippen LogP contribution in [0.5, 0.6) is 0 Å². The van der Waals surface area contributed by atoms with Gasteiger partial charge in [-0.15, -0.1) is 0 Å². The van der Waals surface area contributed by atoms with Gasteiger partial charge in [-0.1, -0.05) is 6.92 Å². The zero-order chi connectivity index (χ0) is 9.07. The lowest BCUT2D eigenvalue weighted by Crippen LogP contribution is -2.48. The standard InChI is InChI=1S/C9H21NO/c1-6-8(2)10(5)9(3,4)7-11/h8,11H,6-7H2,1-5H3. The van der Waals surface area contributed by atoms with Gasteiger partial charge in [0.25, 0.3) is 0 Å². The largest absolute Gasteiger partial charge is 0.394 e. The molecule has 0 rings (SSSR count). The Morgan fingerprint density at radius 1 is 1.45 bits per heavy atom. The summed E-state index contributed by atoms with van der Waals surface area (Å²) < 4.78 is 0. The van der Waals surface area contributed by atoms with E-state index in [2.05, 4.69) is 39.6 Å². The third kappa shape index (κ3) is 2.80. The highest BCUT2D eigenvalue weighted by atomic mass is 16.3. The van der Waals surface area contributed by atoms with Crippen molar-refractivity contribution < 1.29 is 5.11 Å². The summed E-state index contributed by atoms with van der Waals surface area (Å²) in [5.41, 5.74) is -0.0879. The summed E-state index contributed by atoms with van der Waals surface area (Å²) in [6.45, 7) is 8.66. The second-order valence-electron chi connectivity index (χ2n) is 3.84. The highest BCUT2D eigenvalue weighted by Crippen LogP contribution is 2.15. The lowest BCUT2D eigenvalue weighted by molar-refractivity contribution is 0.0495. The van der Waals surface area contributed by atoms with Gasteiger partial charge in [0.05, 0.1) is 6.61 Å². The van der Waals surface area contributed by atoms with Crippen LogP contribution in [-0.4, -0.2) is 35.2 Å². The van der Waals surface area contributed by atoms with Crippen LogP contribution in [-0.2, 0) is 0 Å². The zero-order valence-corrected chi connectivity index (χ0v) is 8.39. The maximum Gasteiger partial charge on any atom is 0.0610 e. The molecule has 0 aromatic carbocycles. The summed E-state index contributed by atoms with van der Waals surface area (Å²) in [5.74, 6) is 0. The Morgan fingerprint density at radius 2 is 1.91 bits per heavy atom. The average Bonchev–Trinajstić information content (AvgIpc) is 2.01. The maximum atomic E-state index is 9.07. The third-order valence-electron chi connectivity index (χ3n) is 2.59. The van der Waals surface area contributed by atoms with Crippen LogP contribution in [0.2, 0.25) is 0 Å². The van der Waals surface area contributed by atoms with Crippen LogP contribution in [0.1, 0.15) is 34.1 Å². The number of aliphatic hydroxyl groups is 1. The lowest BCUT2D eigenvalue weighted by Gasteiger charge is -2.38. The monoisotopic (exact) mass is 159 g/mol. The number of rotatable bonds is 4. The van der Waals surface area contributed by atoms with Crippen molar-refractivity contribution in [2.75, 3.05) is 13.7 Å². The Labute approximate surface area is 70.2 Å². The molecule has 0 aliphatic heterocycles. The van der Waals surface area contributed by atoms with Crippen molar-refractivity contribution in [2.24, 2.45) is 0 Å². The van der Waals surface area contributed by atoms with Gasteiger partial charge in [-0.2, -0.15) is 0 Å². The zero-order valence-electron chi connectivity index (χ0n) is 8.39. The second kappa shape index (κ2) is 4.07. The molecule has 0 amide bonds. The Morgan fingerprint density at radius 3 is 2.18 bits per heavy atom. The fourth-order valence-electron chi connectivity index (χ4n) is 0.982. The smallest absolute Gasteiger partial charge is 0.0610 e. The molecule has 0 spiro atoms. The molecule has 2 nitrogen and oxygen atoms in total. The predicted molar refractivity (Wildman–Crippen MR) is 48.7 cm³/mol. The van der Waals surface area contributed by atoms with Crippen LogP contribution in [0.25, 0.3) is 0 Å². The summed E-state index contributed by atoms with van der Waals surface area (Å²) in [6, 6.07) is 0.539. The van der Waals surface area contributed by atoms with E-state index in [1.807, 2.05) is 0 Å². The van der Waals surface area contributed by atoms with Crippen LogP contribution >= 0.6 is 0 Å². The summed E-state index contributed by atoms with van der Waals surface area (Å²) in [7, 11) is 2.06. The lowest BCUT2D eigenvalue weighted by atomic mass is 10.0. The topological polar surface area (TPSA) is 23.5 Å². The minimum absolute atomic E-state index is 0.0879.